The van der Waals surface area contributed by atoms with Gasteiger partial charge in [0.25, 0.3) is 0 Å². The number of thioether (sulfide) groups is 1. The van der Waals surface area contributed by atoms with E-state index in [4.69, 9.17) is 0 Å². The zero-order chi connectivity index (χ0) is 18.9. The SMILES string of the molecule is Cc1cc(SCc2scc(-c3ccc(C(F)(F)F)cc3)c2C)ccc1[O]. The Morgan fingerprint density at radius 1 is 1.04 bits per heavy atom. The molecule has 0 fully saturated rings. The summed E-state index contributed by atoms with van der Waals surface area (Å²) in [6.07, 6.45) is -4.32. The number of rotatable bonds is 4. The van der Waals surface area contributed by atoms with E-state index in [1.807, 2.05) is 24.4 Å². The van der Waals surface area contributed by atoms with Crippen LogP contribution in [0.1, 0.15) is 21.6 Å². The second kappa shape index (κ2) is 7.37. The van der Waals surface area contributed by atoms with E-state index in [0.29, 0.717) is 0 Å². The Balaban J connectivity index is 1.76. The molecule has 1 radical (unpaired) electrons. The van der Waals surface area contributed by atoms with E-state index in [-0.39, 0.29) is 5.75 Å². The van der Waals surface area contributed by atoms with Crippen LogP contribution in [-0.2, 0) is 17.0 Å². The van der Waals surface area contributed by atoms with Gasteiger partial charge in [0.15, 0.2) is 5.75 Å². The van der Waals surface area contributed by atoms with Crippen molar-refractivity contribution >= 4 is 23.1 Å². The fourth-order valence-electron chi connectivity index (χ4n) is 2.58. The molecule has 0 N–H and O–H groups in total. The molecular formula is C20H16F3OS2. The fraction of sp³-hybridized carbons (Fsp3) is 0.200. The molecule has 0 atom stereocenters. The molecule has 135 valence electrons. The summed E-state index contributed by atoms with van der Waals surface area (Å²) >= 11 is 3.25. The van der Waals surface area contributed by atoms with E-state index in [2.05, 4.69) is 0 Å². The van der Waals surface area contributed by atoms with Crippen LogP contribution in [-0.4, -0.2) is 0 Å². The first-order valence-corrected chi connectivity index (χ1v) is 9.77. The van der Waals surface area contributed by atoms with Crippen LogP contribution in [0.25, 0.3) is 11.1 Å². The van der Waals surface area contributed by atoms with Gasteiger partial charge in [0.2, 0.25) is 0 Å². The van der Waals surface area contributed by atoms with Gasteiger partial charge in [-0.25, -0.2) is 0 Å². The molecule has 0 unspecified atom stereocenters. The average Bonchev–Trinajstić information content (AvgIpc) is 2.96. The first kappa shape index (κ1) is 18.9. The lowest BCUT2D eigenvalue weighted by molar-refractivity contribution is -0.137. The second-order valence-corrected chi connectivity index (χ2v) is 8.00. The third-order valence-corrected chi connectivity index (χ3v) is 6.47. The number of hydrogen-bond donors (Lipinski definition) is 0. The maximum atomic E-state index is 12.7. The predicted octanol–water partition coefficient (Wildman–Crippen LogP) is 7.49. The molecule has 0 bridgehead atoms. The van der Waals surface area contributed by atoms with Crippen molar-refractivity contribution in [3.8, 4) is 16.9 Å². The fourth-order valence-corrected chi connectivity index (χ4v) is 4.83. The highest BCUT2D eigenvalue weighted by molar-refractivity contribution is 7.98. The van der Waals surface area contributed by atoms with Gasteiger partial charge in [-0.05, 0) is 71.8 Å². The molecule has 0 aliphatic rings. The van der Waals surface area contributed by atoms with E-state index in [0.717, 1.165) is 45.0 Å². The summed E-state index contributed by atoms with van der Waals surface area (Å²) in [6.45, 7) is 3.79. The summed E-state index contributed by atoms with van der Waals surface area (Å²) in [5.41, 5.74) is 2.92. The molecule has 3 rings (SSSR count). The van der Waals surface area contributed by atoms with Gasteiger partial charge in [0.05, 0.1) is 5.56 Å². The van der Waals surface area contributed by atoms with Crippen LogP contribution < -0.4 is 0 Å². The summed E-state index contributed by atoms with van der Waals surface area (Å²) in [7, 11) is 0. The number of thiophene rings is 1. The molecular weight excluding hydrogens is 377 g/mol. The lowest BCUT2D eigenvalue weighted by atomic mass is 10.0. The van der Waals surface area contributed by atoms with Gasteiger partial charge in [0, 0.05) is 15.5 Å². The van der Waals surface area contributed by atoms with Crippen LogP contribution in [0.2, 0.25) is 0 Å². The number of hydrogen-bond acceptors (Lipinski definition) is 2. The van der Waals surface area contributed by atoms with Crippen molar-refractivity contribution in [1.82, 2.24) is 0 Å². The molecule has 3 aromatic rings. The normalized spacial score (nSPS) is 11.7. The summed E-state index contributed by atoms with van der Waals surface area (Å²) in [5.74, 6) is 0.792. The van der Waals surface area contributed by atoms with Crippen molar-refractivity contribution in [2.24, 2.45) is 0 Å². The number of halogens is 3. The van der Waals surface area contributed by atoms with Gasteiger partial charge in [-0.1, -0.05) is 12.1 Å². The van der Waals surface area contributed by atoms with Crippen LogP contribution in [0.4, 0.5) is 13.2 Å². The Hall–Kier alpha value is -1.92. The Morgan fingerprint density at radius 2 is 1.73 bits per heavy atom. The van der Waals surface area contributed by atoms with Crippen molar-refractivity contribution in [2.75, 3.05) is 0 Å². The second-order valence-electron chi connectivity index (χ2n) is 5.99. The molecule has 1 heterocycles. The molecule has 2 aromatic carbocycles. The Bertz CT molecular complexity index is 912. The molecule has 0 spiro atoms. The summed E-state index contributed by atoms with van der Waals surface area (Å²) in [6, 6.07) is 10.6. The molecule has 0 saturated carbocycles. The topological polar surface area (TPSA) is 19.9 Å². The number of alkyl halides is 3. The lowest BCUT2D eigenvalue weighted by Crippen LogP contribution is -2.03. The third kappa shape index (κ3) is 4.07. The predicted molar refractivity (Wildman–Crippen MR) is 100 cm³/mol. The van der Waals surface area contributed by atoms with E-state index in [1.54, 1.807) is 36.1 Å². The zero-order valence-corrected chi connectivity index (χ0v) is 15.8. The highest BCUT2D eigenvalue weighted by Gasteiger charge is 2.30. The quantitative estimate of drug-likeness (QED) is 0.420. The highest BCUT2D eigenvalue weighted by atomic mass is 32.2. The van der Waals surface area contributed by atoms with Crippen LogP contribution >= 0.6 is 23.1 Å². The Kier molecular flexibility index (Phi) is 5.34. The van der Waals surface area contributed by atoms with Gasteiger partial charge in [-0.3, -0.25) is 5.11 Å². The molecule has 26 heavy (non-hydrogen) atoms. The van der Waals surface area contributed by atoms with Gasteiger partial charge in [-0.15, -0.1) is 23.1 Å². The maximum Gasteiger partial charge on any atom is 0.416 e. The highest BCUT2D eigenvalue weighted by Crippen LogP contribution is 2.37. The summed E-state index contributed by atoms with van der Waals surface area (Å²) < 4.78 is 38.1. The van der Waals surface area contributed by atoms with Crippen LogP contribution in [0, 0.1) is 13.8 Å². The van der Waals surface area contributed by atoms with E-state index in [1.165, 1.54) is 17.0 Å². The summed E-state index contributed by atoms with van der Waals surface area (Å²) in [5, 5.41) is 13.5. The standard InChI is InChI=1S/C20H16F3OS2/c1-12-9-16(7-8-18(12)24)25-11-19-13(2)17(10-26-19)14-3-5-15(6-4-14)20(21,22)23/h3-10H,11H2,1-2H3. The molecule has 0 aliphatic heterocycles. The van der Waals surface area contributed by atoms with Crippen molar-refractivity contribution < 1.29 is 18.3 Å². The number of aryl methyl sites for hydroxylation is 1. The van der Waals surface area contributed by atoms with Crippen molar-refractivity contribution in [3.63, 3.8) is 0 Å². The maximum absolute atomic E-state index is 12.7. The van der Waals surface area contributed by atoms with Crippen LogP contribution in [0.3, 0.4) is 0 Å². The Labute approximate surface area is 158 Å². The largest absolute Gasteiger partial charge is 0.416 e. The molecule has 0 saturated heterocycles. The van der Waals surface area contributed by atoms with E-state index < -0.39 is 11.7 Å². The van der Waals surface area contributed by atoms with Crippen molar-refractivity contribution in [1.29, 1.82) is 0 Å². The van der Waals surface area contributed by atoms with E-state index in [9.17, 15) is 18.3 Å². The molecule has 1 nitrogen and oxygen atoms in total. The third-order valence-electron chi connectivity index (χ3n) is 4.18. The molecule has 1 aromatic heterocycles. The molecule has 0 amide bonds. The van der Waals surface area contributed by atoms with Gasteiger partial charge in [0.1, 0.15) is 0 Å². The first-order chi connectivity index (χ1) is 12.3. The lowest BCUT2D eigenvalue weighted by Gasteiger charge is -2.08. The average molecular weight is 393 g/mol. The van der Waals surface area contributed by atoms with Crippen LogP contribution in [0.15, 0.2) is 52.7 Å². The molecule has 0 aliphatic carbocycles. The van der Waals surface area contributed by atoms with Gasteiger partial charge in [-0.2, -0.15) is 13.2 Å². The monoisotopic (exact) mass is 393 g/mol. The van der Waals surface area contributed by atoms with Crippen molar-refractivity contribution in [2.45, 2.75) is 30.7 Å². The van der Waals surface area contributed by atoms with Gasteiger partial charge < -0.3 is 0 Å². The van der Waals surface area contributed by atoms with E-state index >= 15 is 0 Å². The number of benzene rings is 2. The van der Waals surface area contributed by atoms with Crippen molar-refractivity contribution in [3.05, 3.63) is 69.4 Å². The summed E-state index contributed by atoms with van der Waals surface area (Å²) in [4.78, 5) is 2.21. The zero-order valence-electron chi connectivity index (χ0n) is 14.2. The van der Waals surface area contributed by atoms with Gasteiger partial charge >= 0.3 is 6.18 Å². The Morgan fingerprint density at radius 3 is 2.35 bits per heavy atom. The first-order valence-electron chi connectivity index (χ1n) is 7.91. The van der Waals surface area contributed by atoms with Crippen LogP contribution in [0.5, 0.6) is 5.75 Å². The molecule has 6 heteroatoms. The minimum absolute atomic E-state index is 0.0336. The minimum atomic E-state index is -4.32. The smallest absolute Gasteiger partial charge is 0.290 e. The minimum Gasteiger partial charge on any atom is -0.290 e.